The molecule has 3 aromatic carbocycles. The van der Waals surface area contributed by atoms with Crippen LogP contribution in [0, 0.1) is 6.92 Å². The summed E-state index contributed by atoms with van der Waals surface area (Å²) in [6.07, 6.45) is -4.70. The second kappa shape index (κ2) is 10.1. The number of nitrogens with one attached hydrogen (secondary N) is 1. The highest BCUT2D eigenvalue weighted by molar-refractivity contribution is 7.92. The number of hydrogen-bond donors (Lipinski definition) is 1. The molecule has 0 spiro atoms. The zero-order chi connectivity index (χ0) is 25.9. The van der Waals surface area contributed by atoms with Gasteiger partial charge in [0, 0.05) is 5.56 Å². The first-order valence-electron chi connectivity index (χ1n) is 10.5. The van der Waals surface area contributed by atoms with Crippen LogP contribution in [0.4, 0.5) is 24.0 Å². The van der Waals surface area contributed by atoms with Crippen LogP contribution in [0.2, 0.25) is 0 Å². The minimum absolute atomic E-state index is 0.122. The SMILES string of the molecule is Cc1ccc(-c2nnc(NC(=O)CN(c3cccc(C(F)(F)F)c3)S(=O)(=O)c3ccccc3)s2)cc1. The van der Waals surface area contributed by atoms with Gasteiger partial charge in [-0.05, 0) is 37.3 Å². The summed E-state index contributed by atoms with van der Waals surface area (Å²) in [5.74, 6) is -0.793. The number of alkyl halides is 3. The van der Waals surface area contributed by atoms with Gasteiger partial charge >= 0.3 is 6.18 Å². The first kappa shape index (κ1) is 25.3. The molecule has 4 aromatic rings. The van der Waals surface area contributed by atoms with Gasteiger partial charge in [0.05, 0.1) is 16.1 Å². The molecule has 0 saturated carbocycles. The number of rotatable bonds is 7. The van der Waals surface area contributed by atoms with Gasteiger partial charge in [0.2, 0.25) is 11.0 Å². The predicted molar refractivity (Wildman–Crippen MR) is 131 cm³/mol. The highest BCUT2D eigenvalue weighted by atomic mass is 32.2. The number of carbonyl (C=O) groups excluding carboxylic acids is 1. The monoisotopic (exact) mass is 532 g/mol. The third-order valence-corrected chi connectivity index (χ3v) is 7.73. The second-order valence-electron chi connectivity index (χ2n) is 7.70. The number of benzene rings is 3. The van der Waals surface area contributed by atoms with E-state index in [1.54, 1.807) is 6.07 Å². The highest BCUT2D eigenvalue weighted by Crippen LogP contribution is 2.33. The summed E-state index contributed by atoms with van der Waals surface area (Å²) in [5, 5.41) is 11.1. The molecule has 1 heterocycles. The maximum Gasteiger partial charge on any atom is 0.416 e. The molecule has 1 amide bonds. The Labute approximate surface area is 209 Å². The Hall–Kier alpha value is -3.77. The van der Waals surface area contributed by atoms with Gasteiger partial charge in [0.25, 0.3) is 10.0 Å². The Balaban J connectivity index is 1.62. The smallest absolute Gasteiger partial charge is 0.299 e. The van der Waals surface area contributed by atoms with E-state index in [4.69, 9.17) is 0 Å². The molecule has 0 bridgehead atoms. The van der Waals surface area contributed by atoms with Gasteiger partial charge in [-0.1, -0.05) is 65.4 Å². The van der Waals surface area contributed by atoms with E-state index in [2.05, 4.69) is 15.5 Å². The molecule has 0 saturated heterocycles. The number of aromatic nitrogens is 2. The molecule has 0 aliphatic heterocycles. The van der Waals surface area contributed by atoms with E-state index in [0.29, 0.717) is 15.4 Å². The molecule has 0 aliphatic rings. The fraction of sp³-hybridized carbons (Fsp3) is 0.125. The number of carbonyl (C=O) groups is 1. The average molecular weight is 533 g/mol. The van der Waals surface area contributed by atoms with Gasteiger partial charge < -0.3 is 0 Å². The predicted octanol–water partition coefficient (Wildman–Crippen LogP) is 5.37. The molecule has 0 fully saturated rings. The topological polar surface area (TPSA) is 92.3 Å². The van der Waals surface area contributed by atoms with Crippen LogP contribution in [-0.4, -0.2) is 31.1 Å². The van der Waals surface area contributed by atoms with Crippen LogP contribution in [0.5, 0.6) is 0 Å². The van der Waals surface area contributed by atoms with Crippen molar-refractivity contribution in [3.05, 3.63) is 90.0 Å². The lowest BCUT2D eigenvalue weighted by Gasteiger charge is -2.24. The van der Waals surface area contributed by atoms with Crippen molar-refractivity contribution in [2.45, 2.75) is 18.0 Å². The lowest BCUT2D eigenvalue weighted by molar-refractivity contribution is -0.137. The molecule has 1 aromatic heterocycles. The van der Waals surface area contributed by atoms with E-state index in [1.807, 2.05) is 31.2 Å². The molecule has 36 heavy (non-hydrogen) atoms. The Morgan fingerprint density at radius 2 is 1.67 bits per heavy atom. The summed E-state index contributed by atoms with van der Waals surface area (Å²) in [7, 11) is -4.37. The summed E-state index contributed by atoms with van der Waals surface area (Å²) in [6, 6.07) is 18.4. The van der Waals surface area contributed by atoms with E-state index >= 15 is 0 Å². The summed E-state index contributed by atoms with van der Waals surface area (Å²) in [5.41, 5.74) is 0.504. The van der Waals surface area contributed by atoms with Crippen LogP contribution in [0.15, 0.2) is 83.8 Å². The molecule has 0 aliphatic carbocycles. The number of sulfonamides is 1. The zero-order valence-electron chi connectivity index (χ0n) is 18.7. The van der Waals surface area contributed by atoms with Gasteiger partial charge in [-0.15, -0.1) is 10.2 Å². The third-order valence-electron chi connectivity index (χ3n) is 5.05. The number of anilines is 2. The minimum atomic E-state index is -4.70. The molecule has 0 radical (unpaired) electrons. The van der Waals surface area contributed by atoms with Gasteiger partial charge in [-0.3, -0.25) is 14.4 Å². The van der Waals surface area contributed by atoms with Crippen LogP contribution in [0.1, 0.15) is 11.1 Å². The van der Waals surface area contributed by atoms with E-state index in [1.165, 1.54) is 30.3 Å². The first-order valence-corrected chi connectivity index (χ1v) is 12.7. The number of aryl methyl sites for hydroxylation is 1. The molecule has 12 heteroatoms. The quantitative estimate of drug-likeness (QED) is 0.346. The van der Waals surface area contributed by atoms with Crippen molar-refractivity contribution >= 4 is 38.1 Å². The van der Waals surface area contributed by atoms with Crippen molar-refractivity contribution in [1.29, 1.82) is 0 Å². The van der Waals surface area contributed by atoms with Crippen LogP contribution in [0.3, 0.4) is 0 Å². The standard InChI is InChI=1S/C24H19F3N4O3S2/c1-16-10-12-17(13-11-16)22-29-30-23(35-22)28-21(32)15-31(36(33,34)20-8-3-2-4-9-20)19-7-5-6-18(14-19)24(25,26)27/h2-14H,15H2,1H3,(H,28,30,32). The number of halogens is 3. The fourth-order valence-electron chi connectivity index (χ4n) is 3.25. The molecular formula is C24H19F3N4O3S2. The molecule has 1 N–H and O–H groups in total. The summed E-state index contributed by atoms with van der Waals surface area (Å²) < 4.78 is 67.2. The lowest BCUT2D eigenvalue weighted by Crippen LogP contribution is -2.38. The van der Waals surface area contributed by atoms with Crippen LogP contribution in [0.25, 0.3) is 10.6 Å². The van der Waals surface area contributed by atoms with Crippen LogP contribution < -0.4 is 9.62 Å². The zero-order valence-corrected chi connectivity index (χ0v) is 20.4. The Kier molecular flexibility index (Phi) is 7.09. The highest BCUT2D eigenvalue weighted by Gasteiger charge is 2.33. The van der Waals surface area contributed by atoms with E-state index in [0.717, 1.165) is 34.6 Å². The lowest BCUT2D eigenvalue weighted by atomic mass is 10.2. The number of amides is 1. The Morgan fingerprint density at radius 1 is 0.972 bits per heavy atom. The van der Waals surface area contributed by atoms with Crippen molar-refractivity contribution in [1.82, 2.24) is 10.2 Å². The number of hydrogen-bond acceptors (Lipinski definition) is 6. The van der Waals surface area contributed by atoms with Crippen molar-refractivity contribution in [3.8, 4) is 10.6 Å². The van der Waals surface area contributed by atoms with Crippen LogP contribution in [-0.2, 0) is 21.0 Å². The van der Waals surface area contributed by atoms with Gasteiger partial charge in [-0.2, -0.15) is 13.2 Å². The fourth-order valence-corrected chi connectivity index (χ4v) is 5.45. The molecule has 4 rings (SSSR count). The van der Waals surface area contributed by atoms with Gasteiger partial charge in [0.1, 0.15) is 11.6 Å². The van der Waals surface area contributed by atoms with Crippen molar-refractivity contribution in [3.63, 3.8) is 0 Å². The molecule has 186 valence electrons. The Bertz CT molecular complexity index is 1470. The van der Waals surface area contributed by atoms with E-state index in [9.17, 15) is 26.4 Å². The maximum atomic E-state index is 13.3. The maximum absolute atomic E-state index is 13.3. The minimum Gasteiger partial charge on any atom is -0.299 e. The second-order valence-corrected chi connectivity index (χ2v) is 10.5. The first-order chi connectivity index (χ1) is 17.0. The summed E-state index contributed by atoms with van der Waals surface area (Å²) in [6.45, 7) is 1.16. The van der Waals surface area contributed by atoms with Crippen LogP contribution >= 0.6 is 11.3 Å². The average Bonchev–Trinajstić information content (AvgIpc) is 3.31. The van der Waals surface area contributed by atoms with Crippen molar-refractivity contribution in [2.24, 2.45) is 0 Å². The van der Waals surface area contributed by atoms with E-state index < -0.39 is 34.2 Å². The largest absolute Gasteiger partial charge is 0.416 e. The molecule has 7 nitrogen and oxygen atoms in total. The van der Waals surface area contributed by atoms with Crippen molar-refractivity contribution in [2.75, 3.05) is 16.2 Å². The molecule has 0 atom stereocenters. The van der Waals surface area contributed by atoms with Crippen molar-refractivity contribution < 1.29 is 26.4 Å². The number of nitrogens with zero attached hydrogens (tertiary/aromatic N) is 3. The third kappa shape index (κ3) is 5.71. The van der Waals surface area contributed by atoms with E-state index in [-0.39, 0.29) is 15.7 Å². The molecule has 0 unspecified atom stereocenters. The molecular weight excluding hydrogens is 513 g/mol. The van der Waals surface area contributed by atoms with Gasteiger partial charge in [0.15, 0.2) is 0 Å². The van der Waals surface area contributed by atoms with Gasteiger partial charge in [-0.25, -0.2) is 8.42 Å². The summed E-state index contributed by atoms with van der Waals surface area (Å²) in [4.78, 5) is 12.7. The normalized spacial score (nSPS) is 11.8. The Morgan fingerprint density at radius 3 is 2.33 bits per heavy atom. The summed E-state index contributed by atoms with van der Waals surface area (Å²) >= 11 is 1.08.